The van der Waals surface area contributed by atoms with Gasteiger partial charge in [-0.3, -0.25) is 4.79 Å². The summed E-state index contributed by atoms with van der Waals surface area (Å²) in [4.78, 5) is 18.1. The summed E-state index contributed by atoms with van der Waals surface area (Å²) in [6.07, 6.45) is -1.35. The van der Waals surface area contributed by atoms with Crippen molar-refractivity contribution in [1.82, 2.24) is 14.5 Å². The van der Waals surface area contributed by atoms with Crippen molar-refractivity contribution < 1.29 is 18.0 Å². The fourth-order valence-corrected chi connectivity index (χ4v) is 2.80. The first-order valence-corrected chi connectivity index (χ1v) is 8.03. The molecule has 8 heteroatoms. The van der Waals surface area contributed by atoms with E-state index < -0.39 is 11.7 Å². The Balaban J connectivity index is 2.31. The normalized spacial score (nSPS) is 11.8. The lowest BCUT2D eigenvalue weighted by molar-refractivity contribution is -0.137. The van der Waals surface area contributed by atoms with Gasteiger partial charge in [0.2, 0.25) is 0 Å². The van der Waals surface area contributed by atoms with Crippen molar-refractivity contribution in [2.75, 3.05) is 0 Å². The number of imidazole rings is 1. The van der Waals surface area contributed by atoms with Gasteiger partial charge in [-0.05, 0) is 37.6 Å². The van der Waals surface area contributed by atoms with Gasteiger partial charge >= 0.3 is 6.18 Å². The number of aromatic nitrogens is 2. The number of nitrogens with zero attached hydrogens (tertiary/aromatic N) is 3. The molecule has 2 aromatic rings. The largest absolute Gasteiger partial charge is 0.416 e. The van der Waals surface area contributed by atoms with E-state index in [-0.39, 0.29) is 24.2 Å². The van der Waals surface area contributed by atoms with Gasteiger partial charge in [0, 0.05) is 30.3 Å². The molecule has 0 spiro atoms. The highest BCUT2D eigenvalue weighted by Gasteiger charge is 2.31. The number of carbonyl (C=O) groups is 1. The fourth-order valence-electron chi connectivity index (χ4n) is 2.26. The lowest BCUT2D eigenvalue weighted by atomic mass is 10.1. The summed E-state index contributed by atoms with van der Waals surface area (Å²) in [5.41, 5.74) is -0.0900. The van der Waals surface area contributed by atoms with Gasteiger partial charge in [-0.1, -0.05) is 15.9 Å². The van der Waals surface area contributed by atoms with Crippen molar-refractivity contribution in [3.8, 4) is 0 Å². The first-order valence-electron chi connectivity index (χ1n) is 7.23. The highest BCUT2D eigenvalue weighted by atomic mass is 79.9. The minimum absolute atomic E-state index is 0.0651. The molecule has 0 aliphatic heterocycles. The van der Waals surface area contributed by atoms with Crippen molar-refractivity contribution in [2.45, 2.75) is 32.6 Å². The molecule has 2 rings (SSSR count). The molecule has 1 heterocycles. The number of carbonyl (C=O) groups excluding carboxylic acids is 1. The Bertz CT molecular complexity index is 740. The zero-order chi connectivity index (χ0) is 18.1. The molecule has 0 atom stereocenters. The van der Waals surface area contributed by atoms with Gasteiger partial charge < -0.3 is 9.47 Å². The summed E-state index contributed by atoms with van der Waals surface area (Å²) < 4.78 is 40.8. The van der Waals surface area contributed by atoms with E-state index in [0.717, 1.165) is 12.1 Å². The molecular formula is C16H17BrF3N3O. The average molecular weight is 404 g/mol. The van der Waals surface area contributed by atoms with Crippen LogP contribution < -0.4 is 0 Å². The molecule has 0 unspecified atom stereocenters. The second-order valence-corrected chi connectivity index (χ2v) is 6.71. The van der Waals surface area contributed by atoms with E-state index >= 15 is 0 Å². The van der Waals surface area contributed by atoms with Crippen molar-refractivity contribution in [3.05, 3.63) is 52.0 Å². The minimum atomic E-state index is -4.44. The SMILES string of the molecule is CC(C)N(Cc1cc(Br)cc(C(F)(F)F)c1)C(=O)c1cn(C)cn1. The predicted molar refractivity (Wildman–Crippen MR) is 87.4 cm³/mol. The standard InChI is InChI=1S/C16H17BrF3N3O/c1-10(2)23(15(24)14-8-22(3)9-21-14)7-11-4-12(16(18,19)20)6-13(17)5-11/h4-6,8-10H,7H2,1-3H3. The van der Waals surface area contributed by atoms with Crippen molar-refractivity contribution >= 4 is 21.8 Å². The fraction of sp³-hybridized carbons (Fsp3) is 0.375. The summed E-state index contributed by atoms with van der Waals surface area (Å²) in [5, 5.41) is 0. The van der Waals surface area contributed by atoms with Crippen LogP contribution in [0.25, 0.3) is 0 Å². The molecule has 4 nitrogen and oxygen atoms in total. The van der Waals surface area contributed by atoms with Gasteiger partial charge in [-0.25, -0.2) is 4.98 Å². The van der Waals surface area contributed by atoms with E-state index in [1.165, 1.54) is 11.2 Å². The minimum Gasteiger partial charge on any atom is -0.340 e. The second kappa shape index (κ2) is 6.96. The van der Waals surface area contributed by atoms with Crippen LogP contribution in [0.5, 0.6) is 0 Å². The van der Waals surface area contributed by atoms with Gasteiger partial charge in [0.1, 0.15) is 5.69 Å². The molecule has 0 fully saturated rings. The second-order valence-electron chi connectivity index (χ2n) is 5.80. The number of benzene rings is 1. The summed E-state index contributed by atoms with van der Waals surface area (Å²) in [6.45, 7) is 3.68. The van der Waals surface area contributed by atoms with E-state index in [0.29, 0.717) is 10.0 Å². The van der Waals surface area contributed by atoms with Crippen LogP contribution in [0, 0.1) is 0 Å². The van der Waals surface area contributed by atoms with E-state index in [4.69, 9.17) is 0 Å². The summed E-state index contributed by atoms with van der Waals surface area (Å²) in [5.74, 6) is -0.320. The number of hydrogen-bond acceptors (Lipinski definition) is 2. The molecule has 0 bridgehead atoms. The van der Waals surface area contributed by atoms with Gasteiger partial charge in [-0.2, -0.15) is 13.2 Å². The van der Waals surface area contributed by atoms with Crippen molar-refractivity contribution in [3.63, 3.8) is 0 Å². The zero-order valence-electron chi connectivity index (χ0n) is 13.4. The summed E-state index contributed by atoms with van der Waals surface area (Å²) in [6, 6.07) is 3.47. The predicted octanol–water partition coefficient (Wildman–Crippen LogP) is 4.25. The molecule has 0 saturated heterocycles. The third kappa shape index (κ3) is 4.37. The van der Waals surface area contributed by atoms with Crippen molar-refractivity contribution in [2.24, 2.45) is 7.05 Å². The maximum Gasteiger partial charge on any atom is 0.416 e. The summed E-state index contributed by atoms with van der Waals surface area (Å²) in [7, 11) is 1.74. The Labute approximate surface area is 146 Å². The lowest BCUT2D eigenvalue weighted by Gasteiger charge is -2.26. The lowest BCUT2D eigenvalue weighted by Crippen LogP contribution is -2.36. The third-order valence-corrected chi connectivity index (χ3v) is 3.90. The van der Waals surface area contributed by atoms with Crippen LogP contribution in [-0.2, 0) is 19.8 Å². The van der Waals surface area contributed by atoms with E-state index in [2.05, 4.69) is 20.9 Å². The highest BCUT2D eigenvalue weighted by molar-refractivity contribution is 9.10. The Kier molecular flexibility index (Phi) is 5.37. The number of rotatable bonds is 4. The molecule has 0 aliphatic carbocycles. The molecule has 1 amide bonds. The number of amides is 1. The van der Waals surface area contributed by atoms with Gasteiger partial charge in [0.05, 0.1) is 11.9 Å². The zero-order valence-corrected chi connectivity index (χ0v) is 15.0. The molecule has 24 heavy (non-hydrogen) atoms. The van der Waals surface area contributed by atoms with Crippen LogP contribution in [0.15, 0.2) is 35.2 Å². The monoisotopic (exact) mass is 403 g/mol. The van der Waals surface area contributed by atoms with Crippen LogP contribution in [-0.4, -0.2) is 26.4 Å². The van der Waals surface area contributed by atoms with Gasteiger partial charge in [0.15, 0.2) is 0 Å². The Morgan fingerprint density at radius 3 is 2.50 bits per heavy atom. The Hall–Kier alpha value is -1.83. The van der Waals surface area contributed by atoms with E-state index in [9.17, 15) is 18.0 Å². The molecule has 1 aromatic heterocycles. The third-order valence-electron chi connectivity index (χ3n) is 3.45. The number of hydrogen-bond donors (Lipinski definition) is 0. The van der Waals surface area contributed by atoms with Crippen LogP contribution in [0.3, 0.4) is 0 Å². The summed E-state index contributed by atoms with van der Waals surface area (Å²) >= 11 is 3.10. The van der Waals surface area contributed by atoms with Gasteiger partial charge in [-0.15, -0.1) is 0 Å². The molecule has 1 aromatic carbocycles. The topological polar surface area (TPSA) is 38.1 Å². The smallest absolute Gasteiger partial charge is 0.340 e. The number of aryl methyl sites for hydroxylation is 1. The molecule has 0 radical (unpaired) electrons. The Morgan fingerprint density at radius 1 is 1.33 bits per heavy atom. The Morgan fingerprint density at radius 2 is 2.00 bits per heavy atom. The molecule has 130 valence electrons. The van der Waals surface area contributed by atoms with E-state index in [1.807, 2.05) is 13.8 Å². The van der Waals surface area contributed by atoms with E-state index in [1.54, 1.807) is 23.9 Å². The number of alkyl halides is 3. The first kappa shape index (κ1) is 18.5. The molecule has 0 aliphatic rings. The maximum atomic E-state index is 13.0. The molecule has 0 saturated carbocycles. The number of halogens is 4. The van der Waals surface area contributed by atoms with Crippen LogP contribution in [0.1, 0.15) is 35.5 Å². The van der Waals surface area contributed by atoms with Crippen LogP contribution in [0.2, 0.25) is 0 Å². The van der Waals surface area contributed by atoms with Crippen LogP contribution in [0.4, 0.5) is 13.2 Å². The maximum absolute atomic E-state index is 13.0. The average Bonchev–Trinajstić information content (AvgIpc) is 2.89. The van der Waals surface area contributed by atoms with Crippen molar-refractivity contribution in [1.29, 1.82) is 0 Å². The molecular weight excluding hydrogens is 387 g/mol. The molecule has 0 N–H and O–H groups in total. The highest BCUT2D eigenvalue weighted by Crippen LogP contribution is 2.32. The first-order chi connectivity index (χ1) is 11.1. The van der Waals surface area contributed by atoms with Crippen LogP contribution >= 0.6 is 15.9 Å². The van der Waals surface area contributed by atoms with Gasteiger partial charge in [0.25, 0.3) is 5.91 Å². The quantitative estimate of drug-likeness (QED) is 0.764.